The first-order valence-corrected chi connectivity index (χ1v) is 5.29. The minimum absolute atomic E-state index is 0.0112. The largest absolute Gasteiger partial charge is 0.369 e. The van der Waals surface area contributed by atoms with Crippen LogP contribution in [0.15, 0.2) is 0 Å². The quantitative estimate of drug-likeness (QED) is 0.634. The summed E-state index contributed by atoms with van der Waals surface area (Å²) in [5.41, 5.74) is 5.45. The molecule has 0 aliphatic heterocycles. The lowest BCUT2D eigenvalue weighted by molar-refractivity contribution is 0.249. The zero-order chi connectivity index (χ0) is 8.91. The van der Waals surface area contributed by atoms with Gasteiger partial charge in [0.1, 0.15) is 5.94 Å². The molecule has 0 saturated heterocycles. The summed E-state index contributed by atoms with van der Waals surface area (Å²) in [6, 6.07) is -0.268. The monoisotopic (exact) mass is 181 g/mol. The Morgan fingerprint density at radius 2 is 2.09 bits per heavy atom. The molecule has 0 bridgehead atoms. The first-order chi connectivity index (χ1) is 5.02. The second-order valence-electron chi connectivity index (χ2n) is 2.49. The van der Waals surface area contributed by atoms with Gasteiger partial charge in [0.15, 0.2) is 9.84 Å². The van der Waals surface area contributed by atoms with Crippen molar-refractivity contribution < 1.29 is 13.2 Å². The number of nitrogens with two attached hydrogens (primary N) is 1. The normalized spacial score (nSPS) is 14.8. The van der Waals surface area contributed by atoms with Crippen LogP contribution < -0.4 is 5.73 Å². The van der Waals surface area contributed by atoms with Gasteiger partial charge in [-0.15, -0.1) is 0 Å². The van der Waals surface area contributed by atoms with Crippen molar-refractivity contribution in [1.82, 2.24) is 0 Å². The molecule has 0 heterocycles. The van der Waals surface area contributed by atoms with E-state index in [-0.39, 0.29) is 17.7 Å². The van der Waals surface area contributed by atoms with E-state index in [0.29, 0.717) is 6.42 Å². The molecule has 1 atom stereocenters. The Bertz CT molecular complexity index is 188. The van der Waals surface area contributed by atoms with Crippen LogP contribution in [0.1, 0.15) is 13.3 Å². The van der Waals surface area contributed by atoms with Crippen LogP contribution in [0.2, 0.25) is 0 Å². The first kappa shape index (κ1) is 10.9. The predicted molar refractivity (Wildman–Crippen MR) is 43.9 cm³/mol. The molecule has 0 aromatic heterocycles. The van der Waals surface area contributed by atoms with E-state index in [0.717, 1.165) is 0 Å². The number of sulfone groups is 1. The Morgan fingerprint density at radius 1 is 1.55 bits per heavy atom. The lowest BCUT2D eigenvalue weighted by Crippen LogP contribution is -2.30. The summed E-state index contributed by atoms with van der Waals surface area (Å²) in [5.74, 6) is -0.224. The van der Waals surface area contributed by atoms with Crippen molar-refractivity contribution in [2.45, 2.75) is 19.4 Å². The van der Waals surface area contributed by atoms with Gasteiger partial charge in [0.05, 0.1) is 5.75 Å². The molecule has 11 heavy (non-hydrogen) atoms. The maximum absolute atomic E-state index is 11.0. The highest BCUT2D eigenvalue weighted by Gasteiger charge is 2.13. The van der Waals surface area contributed by atoms with Crippen molar-refractivity contribution in [2.75, 3.05) is 18.8 Å². The molecule has 5 heteroatoms. The van der Waals surface area contributed by atoms with Crippen LogP contribution in [0.4, 0.5) is 0 Å². The minimum atomic E-state index is -3.09. The number of rotatable bonds is 5. The van der Waals surface area contributed by atoms with Crippen LogP contribution in [0.3, 0.4) is 0 Å². The van der Waals surface area contributed by atoms with Gasteiger partial charge >= 0.3 is 0 Å². The van der Waals surface area contributed by atoms with E-state index in [1.807, 2.05) is 6.92 Å². The summed E-state index contributed by atoms with van der Waals surface area (Å²) in [6.07, 6.45) is 0.670. The van der Waals surface area contributed by atoms with Gasteiger partial charge in [-0.25, -0.2) is 8.42 Å². The Morgan fingerprint density at radius 3 is 2.45 bits per heavy atom. The molecule has 0 aliphatic rings. The Balaban J connectivity index is 3.92. The zero-order valence-corrected chi connectivity index (χ0v) is 7.73. The fraction of sp³-hybridized carbons (Fsp3) is 1.00. The van der Waals surface area contributed by atoms with Gasteiger partial charge in [-0.2, -0.15) is 0 Å². The molecule has 0 spiro atoms. The van der Waals surface area contributed by atoms with E-state index < -0.39 is 9.84 Å². The average molecular weight is 181 g/mol. The van der Waals surface area contributed by atoms with Crippen molar-refractivity contribution in [2.24, 2.45) is 5.73 Å². The number of ether oxygens (including phenoxy) is 1. The minimum Gasteiger partial charge on any atom is -0.369 e. The summed E-state index contributed by atoms with van der Waals surface area (Å²) < 4.78 is 26.5. The summed E-state index contributed by atoms with van der Waals surface area (Å²) in [4.78, 5) is 0. The van der Waals surface area contributed by atoms with Crippen molar-refractivity contribution in [3.63, 3.8) is 0 Å². The molecule has 0 aliphatic carbocycles. The van der Waals surface area contributed by atoms with Crippen molar-refractivity contribution in [3.05, 3.63) is 0 Å². The van der Waals surface area contributed by atoms with Gasteiger partial charge in [-0.1, -0.05) is 6.92 Å². The van der Waals surface area contributed by atoms with Gasteiger partial charge in [0.25, 0.3) is 0 Å². The van der Waals surface area contributed by atoms with Crippen molar-refractivity contribution in [1.29, 1.82) is 0 Å². The second-order valence-corrected chi connectivity index (χ2v) is 4.54. The van der Waals surface area contributed by atoms with E-state index in [1.54, 1.807) is 0 Å². The summed E-state index contributed by atoms with van der Waals surface area (Å²) >= 11 is 0. The molecule has 0 saturated carbocycles. The molecule has 0 aromatic rings. The summed E-state index contributed by atoms with van der Waals surface area (Å²) in [5, 5.41) is 0. The highest BCUT2D eigenvalue weighted by Crippen LogP contribution is 1.96. The third-order valence-corrected chi connectivity index (χ3v) is 2.82. The highest BCUT2D eigenvalue weighted by atomic mass is 32.2. The molecular formula is C6H15NO3S. The maximum atomic E-state index is 11.0. The molecular weight excluding hydrogens is 166 g/mol. The molecule has 1 unspecified atom stereocenters. The van der Waals surface area contributed by atoms with Crippen LogP contribution in [0.5, 0.6) is 0 Å². The van der Waals surface area contributed by atoms with Crippen LogP contribution >= 0.6 is 0 Å². The Labute approximate surface area is 67.6 Å². The standard InChI is InChI=1S/C6H15NO3S/c1-3-6(7)4-11(8,9)5-10-2/h6H,3-5,7H2,1-2H3. The van der Waals surface area contributed by atoms with Crippen LogP contribution in [-0.4, -0.2) is 33.3 Å². The maximum Gasteiger partial charge on any atom is 0.175 e. The van der Waals surface area contributed by atoms with Crippen LogP contribution in [0, 0.1) is 0 Å². The topological polar surface area (TPSA) is 69.4 Å². The van der Waals surface area contributed by atoms with Crippen LogP contribution in [0.25, 0.3) is 0 Å². The SMILES string of the molecule is CCC(N)CS(=O)(=O)COC. The lowest BCUT2D eigenvalue weighted by atomic mass is 10.3. The molecule has 0 fully saturated rings. The van der Waals surface area contributed by atoms with E-state index in [2.05, 4.69) is 4.74 Å². The lowest BCUT2D eigenvalue weighted by Gasteiger charge is -2.07. The number of hydrogen-bond donors (Lipinski definition) is 1. The van der Waals surface area contributed by atoms with Gasteiger partial charge in [-0.3, -0.25) is 0 Å². The smallest absolute Gasteiger partial charge is 0.175 e. The summed E-state index contributed by atoms with van der Waals surface area (Å²) in [7, 11) is -1.73. The molecule has 0 radical (unpaired) electrons. The van der Waals surface area contributed by atoms with E-state index in [9.17, 15) is 8.42 Å². The summed E-state index contributed by atoms with van der Waals surface area (Å²) in [6.45, 7) is 1.85. The highest BCUT2D eigenvalue weighted by molar-refractivity contribution is 7.91. The Kier molecular flexibility index (Phi) is 4.63. The van der Waals surface area contributed by atoms with E-state index in [4.69, 9.17) is 5.73 Å². The van der Waals surface area contributed by atoms with Gasteiger partial charge in [-0.05, 0) is 6.42 Å². The van der Waals surface area contributed by atoms with Gasteiger partial charge < -0.3 is 10.5 Å². The number of methoxy groups -OCH3 is 1. The molecule has 0 amide bonds. The molecule has 68 valence electrons. The third-order valence-electron chi connectivity index (χ3n) is 1.29. The second kappa shape index (κ2) is 4.69. The first-order valence-electron chi connectivity index (χ1n) is 3.46. The molecule has 0 rings (SSSR count). The number of hydrogen-bond acceptors (Lipinski definition) is 4. The van der Waals surface area contributed by atoms with Gasteiger partial charge in [0, 0.05) is 13.2 Å². The van der Waals surface area contributed by atoms with E-state index >= 15 is 0 Å². The van der Waals surface area contributed by atoms with Gasteiger partial charge in [0.2, 0.25) is 0 Å². The molecule has 2 N–H and O–H groups in total. The fourth-order valence-corrected chi connectivity index (χ4v) is 2.02. The molecule has 0 aromatic carbocycles. The molecule has 4 nitrogen and oxygen atoms in total. The van der Waals surface area contributed by atoms with E-state index in [1.165, 1.54) is 7.11 Å². The van der Waals surface area contributed by atoms with Crippen molar-refractivity contribution >= 4 is 9.84 Å². The Hall–Kier alpha value is -0.130. The average Bonchev–Trinajstić information content (AvgIpc) is 1.86. The predicted octanol–water partition coefficient (Wildman–Crippen LogP) is -0.258. The zero-order valence-electron chi connectivity index (χ0n) is 6.91. The fourth-order valence-electron chi connectivity index (χ4n) is 0.672. The van der Waals surface area contributed by atoms with Crippen LogP contribution in [-0.2, 0) is 14.6 Å². The van der Waals surface area contributed by atoms with Crippen molar-refractivity contribution in [3.8, 4) is 0 Å². The third kappa shape index (κ3) is 5.17.